The van der Waals surface area contributed by atoms with Gasteiger partial charge in [0.2, 0.25) is 13.6 Å². The first kappa shape index (κ1) is 15.6. The molecule has 3 aliphatic heterocycles. The van der Waals surface area contributed by atoms with E-state index in [0.717, 1.165) is 35.7 Å². The van der Waals surface area contributed by atoms with Crippen molar-refractivity contribution in [1.29, 1.82) is 0 Å². The molecule has 0 amide bonds. The van der Waals surface area contributed by atoms with Crippen LogP contribution in [0, 0.1) is 0 Å². The highest BCUT2D eigenvalue weighted by molar-refractivity contribution is 5.54. The SMILES string of the molecule is Oc1cc2c(cc1[C@H](c1ccc3c(c1)OCO3)[NH+]1CCOCC1)OCO2. The molecule has 7 heteroatoms. The molecule has 0 radical (unpaired) electrons. The largest absolute Gasteiger partial charge is 0.507 e. The number of phenols is 1. The summed E-state index contributed by atoms with van der Waals surface area (Å²) in [5, 5.41) is 10.7. The summed E-state index contributed by atoms with van der Waals surface area (Å²) in [6.45, 7) is 3.52. The summed E-state index contributed by atoms with van der Waals surface area (Å²) < 4.78 is 27.4. The zero-order valence-electron chi connectivity index (χ0n) is 14.2. The van der Waals surface area contributed by atoms with E-state index in [-0.39, 0.29) is 25.4 Å². The molecule has 5 rings (SSSR count). The van der Waals surface area contributed by atoms with Gasteiger partial charge in [-0.15, -0.1) is 0 Å². The summed E-state index contributed by atoms with van der Waals surface area (Å²) in [5.41, 5.74) is 1.87. The van der Waals surface area contributed by atoms with Gasteiger partial charge in [0.25, 0.3) is 0 Å². The number of fused-ring (bicyclic) bond motifs is 2. The van der Waals surface area contributed by atoms with Gasteiger partial charge in [0.1, 0.15) is 24.9 Å². The fourth-order valence-electron chi connectivity index (χ4n) is 3.83. The molecule has 7 nitrogen and oxygen atoms in total. The van der Waals surface area contributed by atoms with E-state index >= 15 is 0 Å². The lowest BCUT2D eigenvalue weighted by Crippen LogP contribution is -3.14. The second-order valence-corrected chi connectivity index (χ2v) is 6.58. The molecule has 2 aromatic carbocycles. The summed E-state index contributed by atoms with van der Waals surface area (Å²) in [6.07, 6.45) is 0. The number of quaternary nitrogens is 1. The van der Waals surface area contributed by atoms with Crippen LogP contribution in [-0.4, -0.2) is 45.0 Å². The van der Waals surface area contributed by atoms with Gasteiger partial charge in [-0.05, 0) is 24.3 Å². The molecule has 0 spiro atoms. The minimum absolute atomic E-state index is 0.0668. The van der Waals surface area contributed by atoms with Crippen LogP contribution in [0.4, 0.5) is 0 Å². The lowest BCUT2D eigenvalue weighted by Gasteiger charge is -2.32. The Labute approximate surface area is 150 Å². The van der Waals surface area contributed by atoms with E-state index in [1.54, 1.807) is 6.07 Å². The maximum absolute atomic E-state index is 10.7. The van der Waals surface area contributed by atoms with Gasteiger partial charge >= 0.3 is 0 Å². The van der Waals surface area contributed by atoms with Crippen LogP contribution in [0.3, 0.4) is 0 Å². The van der Waals surface area contributed by atoms with Crippen molar-refractivity contribution in [2.75, 3.05) is 39.9 Å². The standard InChI is InChI=1S/C19H19NO6/c21-14-9-18-17(25-11-26-18)8-13(14)19(20-3-5-22-6-4-20)12-1-2-15-16(7-12)24-10-23-15/h1-2,7-9,19,21H,3-6,10-11H2/p+1/t19-/m0/s1. The highest BCUT2D eigenvalue weighted by atomic mass is 16.7. The molecule has 0 saturated carbocycles. The zero-order valence-corrected chi connectivity index (χ0v) is 14.2. The summed E-state index contributed by atoms with van der Waals surface area (Å²) in [4.78, 5) is 1.32. The maximum atomic E-state index is 10.7. The van der Waals surface area contributed by atoms with Crippen molar-refractivity contribution in [1.82, 2.24) is 0 Å². The van der Waals surface area contributed by atoms with Crippen LogP contribution in [0.5, 0.6) is 28.7 Å². The third kappa shape index (κ3) is 2.60. The quantitative estimate of drug-likeness (QED) is 0.848. The van der Waals surface area contributed by atoms with Crippen molar-refractivity contribution < 1.29 is 33.7 Å². The van der Waals surface area contributed by atoms with Crippen LogP contribution < -0.4 is 23.8 Å². The predicted octanol–water partition coefficient (Wildman–Crippen LogP) is 0.854. The van der Waals surface area contributed by atoms with E-state index in [1.165, 1.54) is 4.90 Å². The van der Waals surface area contributed by atoms with Gasteiger partial charge in [-0.3, -0.25) is 0 Å². The molecule has 0 aromatic heterocycles. The number of aromatic hydroxyl groups is 1. The number of hydrogen-bond donors (Lipinski definition) is 2. The van der Waals surface area contributed by atoms with E-state index in [2.05, 4.69) is 0 Å². The minimum atomic E-state index is -0.0668. The number of benzene rings is 2. The van der Waals surface area contributed by atoms with Crippen LogP contribution in [0.25, 0.3) is 0 Å². The molecule has 136 valence electrons. The van der Waals surface area contributed by atoms with E-state index in [1.807, 2.05) is 24.3 Å². The molecule has 0 bridgehead atoms. The molecule has 1 saturated heterocycles. The molecular weight excluding hydrogens is 338 g/mol. The molecule has 26 heavy (non-hydrogen) atoms. The van der Waals surface area contributed by atoms with Crippen LogP contribution >= 0.6 is 0 Å². The van der Waals surface area contributed by atoms with Gasteiger partial charge < -0.3 is 33.7 Å². The maximum Gasteiger partial charge on any atom is 0.231 e. The zero-order chi connectivity index (χ0) is 17.5. The summed E-state index contributed by atoms with van der Waals surface area (Å²) >= 11 is 0. The van der Waals surface area contributed by atoms with Crippen LogP contribution in [0.1, 0.15) is 17.2 Å². The van der Waals surface area contributed by atoms with Crippen molar-refractivity contribution in [3.63, 3.8) is 0 Å². The highest BCUT2D eigenvalue weighted by Crippen LogP contribution is 2.42. The Kier molecular flexibility index (Phi) is 3.76. The first-order valence-corrected chi connectivity index (χ1v) is 8.74. The monoisotopic (exact) mass is 358 g/mol. The van der Waals surface area contributed by atoms with Gasteiger partial charge in [-0.2, -0.15) is 0 Å². The normalized spacial score (nSPS) is 19.5. The number of ether oxygens (including phenoxy) is 5. The fraction of sp³-hybridized carbons (Fsp3) is 0.368. The second-order valence-electron chi connectivity index (χ2n) is 6.58. The van der Waals surface area contributed by atoms with Crippen LogP contribution in [-0.2, 0) is 4.74 Å². The average Bonchev–Trinajstić information content (AvgIpc) is 3.31. The summed E-state index contributed by atoms with van der Waals surface area (Å²) in [7, 11) is 0. The molecule has 1 fully saturated rings. The third-order valence-corrected chi connectivity index (χ3v) is 5.11. The lowest BCUT2D eigenvalue weighted by atomic mass is 9.95. The molecule has 0 aliphatic carbocycles. The second kappa shape index (κ2) is 6.26. The number of hydrogen-bond acceptors (Lipinski definition) is 6. The average molecular weight is 358 g/mol. The highest BCUT2D eigenvalue weighted by Gasteiger charge is 2.33. The number of phenolic OH excluding ortho intramolecular Hbond substituents is 1. The fourth-order valence-corrected chi connectivity index (χ4v) is 3.83. The van der Waals surface area contributed by atoms with Gasteiger partial charge in [-0.1, -0.05) is 0 Å². The Morgan fingerprint density at radius 3 is 2.23 bits per heavy atom. The Bertz CT molecular complexity index is 833. The van der Waals surface area contributed by atoms with E-state index in [4.69, 9.17) is 23.7 Å². The van der Waals surface area contributed by atoms with Gasteiger partial charge in [-0.25, -0.2) is 0 Å². The van der Waals surface area contributed by atoms with Gasteiger partial charge in [0.05, 0.1) is 18.8 Å². The Morgan fingerprint density at radius 1 is 0.808 bits per heavy atom. The van der Waals surface area contributed by atoms with Crippen molar-refractivity contribution in [3.8, 4) is 28.7 Å². The number of nitrogens with one attached hydrogen (secondary N) is 1. The molecule has 3 heterocycles. The smallest absolute Gasteiger partial charge is 0.231 e. The Morgan fingerprint density at radius 2 is 1.46 bits per heavy atom. The van der Waals surface area contributed by atoms with Gasteiger partial charge in [0.15, 0.2) is 23.0 Å². The molecule has 3 aliphatic rings. The lowest BCUT2D eigenvalue weighted by molar-refractivity contribution is -0.933. The van der Waals surface area contributed by atoms with Crippen molar-refractivity contribution in [2.24, 2.45) is 0 Å². The van der Waals surface area contributed by atoms with Crippen molar-refractivity contribution in [3.05, 3.63) is 41.5 Å². The summed E-state index contributed by atoms with van der Waals surface area (Å²) in [5.74, 6) is 2.93. The first-order chi connectivity index (χ1) is 12.8. The molecule has 2 N–H and O–H groups in total. The Balaban J connectivity index is 1.60. The van der Waals surface area contributed by atoms with Crippen LogP contribution in [0.2, 0.25) is 0 Å². The molecule has 0 unspecified atom stereocenters. The van der Waals surface area contributed by atoms with Crippen molar-refractivity contribution in [2.45, 2.75) is 6.04 Å². The number of rotatable bonds is 3. The molecular formula is C19H20NO6+. The van der Waals surface area contributed by atoms with E-state index in [9.17, 15) is 5.11 Å². The van der Waals surface area contributed by atoms with Crippen molar-refractivity contribution >= 4 is 0 Å². The van der Waals surface area contributed by atoms with Gasteiger partial charge in [0, 0.05) is 11.6 Å². The minimum Gasteiger partial charge on any atom is -0.507 e. The van der Waals surface area contributed by atoms with E-state index < -0.39 is 0 Å². The predicted molar refractivity (Wildman–Crippen MR) is 90.2 cm³/mol. The Hall–Kier alpha value is -2.64. The first-order valence-electron chi connectivity index (χ1n) is 8.74. The van der Waals surface area contributed by atoms with Crippen LogP contribution in [0.15, 0.2) is 30.3 Å². The topological polar surface area (TPSA) is 70.8 Å². The number of morpholine rings is 1. The molecule has 1 atom stereocenters. The van der Waals surface area contributed by atoms with E-state index in [0.29, 0.717) is 24.7 Å². The third-order valence-electron chi connectivity index (χ3n) is 5.11. The molecule has 2 aromatic rings. The summed E-state index contributed by atoms with van der Waals surface area (Å²) in [6, 6.07) is 9.41.